The van der Waals surface area contributed by atoms with Crippen LogP contribution < -0.4 is 14.8 Å². The van der Waals surface area contributed by atoms with Crippen molar-refractivity contribution in [2.75, 3.05) is 18.5 Å². The number of carbonyl (C=O) groups excluding carboxylic acids is 3. The lowest BCUT2D eigenvalue weighted by atomic mass is 10.1. The van der Waals surface area contributed by atoms with Crippen LogP contribution in [0.2, 0.25) is 5.02 Å². The second-order valence-electron chi connectivity index (χ2n) is 7.42. The third-order valence-electron chi connectivity index (χ3n) is 4.85. The number of nitrogens with one attached hydrogen (secondary N) is 1. The van der Waals surface area contributed by atoms with Gasteiger partial charge in [0.1, 0.15) is 6.54 Å². The molecule has 10 heteroatoms. The number of imide groups is 1. The first-order valence-corrected chi connectivity index (χ1v) is 12.6. The van der Waals surface area contributed by atoms with Gasteiger partial charge in [0.05, 0.1) is 22.6 Å². The highest BCUT2D eigenvalue weighted by molar-refractivity contribution is 9.10. The van der Waals surface area contributed by atoms with Crippen molar-refractivity contribution in [3.05, 3.63) is 56.4 Å². The molecule has 0 spiro atoms. The van der Waals surface area contributed by atoms with Crippen LogP contribution in [-0.4, -0.2) is 41.2 Å². The van der Waals surface area contributed by atoms with Gasteiger partial charge < -0.3 is 14.8 Å². The van der Waals surface area contributed by atoms with Crippen LogP contribution in [0.25, 0.3) is 6.08 Å². The molecule has 3 rings (SSSR count). The molecule has 34 heavy (non-hydrogen) atoms. The molecule has 0 saturated carbocycles. The third kappa shape index (κ3) is 6.55. The van der Waals surface area contributed by atoms with Crippen LogP contribution in [0.1, 0.15) is 32.8 Å². The molecule has 1 heterocycles. The molecule has 1 atom stereocenters. The van der Waals surface area contributed by atoms with Gasteiger partial charge in [-0.15, -0.1) is 0 Å². The average molecular weight is 568 g/mol. The van der Waals surface area contributed by atoms with Crippen LogP contribution >= 0.6 is 39.3 Å². The third-order valence-corrected chi connectivity index (χ3v) is 6.99. The Morgan fingerprint density at radius 2 is 1.97 bits per heavy atom. The van der Waals surface area contributed by atoms with Gasteiger partial charge in [-0.3, -0.25) is 19.3 Å². The van der Waals surface area contributed by atoms with E-state index in [-0.39, 0.29) is 11.0 Å². The number of benzene rings is 2. The molecular weight excluding hydrogens is 544 g/mol. The van der Waals surface area contributed by atoms with Crippen molar-refractivity contribution in [3.8, 4) is 11.5 Å². The molecule has 0 aliphatic carbocycles. The molecule has 0 bridgehead atoms. The Bertz CT molecular complexity index is 1140. The first-order valence-electron chi connectivity index (χ1n) is 10.7. The summed E-state index contributed by atoms with van der Waals surface area (Å²) in [5.41, 5.74) is 1.14. The fraction of sp³-hybridized carbons (Fsp3) is 0.292. The Balaban J connectivity index is 1.72. The first kappa shape index (κ1) is 26.1. The Kier molecular flexibility index (Phi) is 9.04. The van der Waals surface area contributed by atoms with E-state index in [0.717, 1.165) is 23.1 Å². The number of rotatable bonds is 9. The van der Waals surface area contributed by atoms with E-state index in [1.807, 2.05) is 20.8 Å². The minimum Gasteiger partial charge on any atom is -0.490 e. The highest BCUT2D eigenvalue weighted by Gasteiger charge is 2.36. The summed E-state index contributed by atoms with van der Waals surface area (Å²) in [5, 5.41) is 2.56. The molecule has 1 N–H and O–H groups in total. The maximum absolute atomic E-state index is 12.8. The highest BCUT2D eigenvalue weighted by Crippen LogP contribution is 2.35. The molecule has 1 aliphatic rings. The minimum absolute atomic E-state index is 0.0288. The number of halogens is 2. The predicted molar refractivity (Wildman–Crippen MR) is 138 cm³/mol. The maximum atomic E-state index is 12.8. The Morgan fingerprint density at radius 1 is 1.21 bits per heavy atom. The number of hydrogen-bond donors (Lipinski definition) is 1. The largest absolute Gasteiger partial charge is 0.490 e. The van der Waals surface area contributed by atoms with Gasteiger partial charge in [-0.1, -0.05) is 24.6 Å². The van der Waals surface area contributed by atoms with Crippen LogP contribution in [0.5, 0.6) is 11.5 Å². The van der Waals surface area contributed by atoms with Gasteiger partial charge in [0, 0.05) is 10.2 Å². The second-order valence-corrected chi connectivity index (χ2v) is 9.68. The van der Waals surface area contributed by atoms with Crippen LogP contribution in [0.3, 0.4) is 0 Å². The molecule has 7 nitrogen and oxygen atoms in total. The van der Waals surface area contributed by atoms with Crippen LogP contribution in [0, 0.1) is 0 Å². The molecule has 0 aromatic heterocycles. The summed E-state index contributed by atoms with van der Waals surface area (Å²) >= 11 is 10.1. The molecule has 2 aromatic carbocycles. The summed E-state index contributed by atoms with van der Waals surface area (Å²) < 4.78 is 12.3. The van der Waals surface area contributed by atoms with E-state index in [0.29, 0.717) is 38.9 Å². The van der Waals surface area contributed by atoms with Crippen LogP contribution in [0.15, 0.2) is 45.8 Å². The summed E-state index contributed by atoms with van der Waals surface area (Å²) in [7, 11) is 0. The number of nitrogens with zero attached hydrogens (tertiary/aromatic N) is 1. The van der Waals surface area contributed by atoms with Gasteiger partial charge >= 0.3 is 0 Å². The number of hydrogen-bond acceptors (Lipinski definition) is 6. The summed E-state index contributed by atoms with van der Waals surface area (Å²) in [6, 6.07) is 10.3. The van der Waals surface area contributed by atoms with Crippen molar-refractivity contribution >= 4 is 68.1 Å². The summed E-state index contributed by atoms with van der Waals surface area (Å²) in [6.07, 6.45) is 2.48. The average Bonchev–Trinajstić information content (AvgIpc) is 3.05. The minimum atomic E-state index is -0.531. The molecule has 3 amide bonds. The molecular formula is C24H24BrClN2O5S. The zero-order chi connectivity index (χ0) is 24.8. The van der Waals surface area contributed by atoms with Crippen LogP contribution in [0.4, 0.5) is 10.5 Å². The fourth-order valence-electron chi connectivity index (χ4n) is 2.99. The summed E-state index contributed by atoms with van der Waals surface area (Å²) in [5.74, 6) is 0.137. The molecule has 0 unspecified atom stereocenters. The van der Waals surface area contributed by atoms with E-state index in [4.69, 9.17) is 21.1 Å². The van der Waals surface area contributed by atoms with Crippen molar-refractivity contribution in [2.45, 2.75) is 33.3 Å². The van der Waals surface area contributed by atoms with Crippen molar-refractivity contribution in [1.82, 2.24) is 4.90 Å². The number of carbonyl (C=O) groups is 3. The Labute approximate surface area is 215 Å². The number of amides is 3. The van der Waals surface area contributed by atoms with E-state index in [1.165, 1.54) is 0 Å². The number of anilines is 1. The Hall–Kier alpha value is -2.49. The first-order chi connectivity index (χ1) is 16.2. The summed E-state index contributed by atoms with van der Waals surface area (Å²) in [6.45, 7) is 5.93. The molecule has 1 saturated heterocycles. The second kappa shape index (κ2) is 11.8. The number of thioether (sulfide) groups is 1. The Morgan fingerprint density at radius 3 is 2.65 bits per heavy atom. The zero-order valence-corrected chi connectivity index (χ0v) is 22.1. The SMILES string of the molecule is CCOc1cc(/C=C2/SC(=O)N(CC(=O)Nc3ccc(Br)c(Cl)c3)C2=O)ccc1O[C@H](C)CC. The van der Waals surface area contributed by atoms with Gasteiger partial charge in [0.25, 0.3) is 11.1 Å². The normalized spacial score (nSPS) is 15.6. The topological polar surface area (TPSA) is 84.9 Å². The van der Waals surface area contributed by atoms with Gasteiger partial charge in [0.15, 0.2) is 11.5 Å². The van der Waals surface area contributed by atoms with Gasteiger partial charge in [-0.05, 0) is 89.9 Å². The molecule has 2 aromatic rings. The lowest BCUT2D eigenvalue weighted by Gasteiger charge is -2.16. The van der Waals surface area contributed by atoms with Gasteiger partial charge in [-0.2, -0.15) is 0 Å². The lowest BCUT2D eigenvalue weighted by Crippen LogP contribution is -2.36. The van der Waals surface area contributed by atoms with Gasteiger partial charge in [0.2, 0.25) is 5.91 Å². The zero-order valence-electron chi connectivity index (χ0n) is 18.9. The summed E-state index contributed by atoms with van der Waals surface area (Å²) in [4.78, 5) is 38.8. The smallest absolute Gasteiger partial charge is 0.294 e. The van der Waals surface area contributed by atoms with E-state index >= 15 is 0 Å². The molecule has 0 radical (unpaired) electrons. The molecule has 1 aliphatic heterocycles. The molecule has 180 valence electrons. The van der Waals surface area contributed by atoms with Crippen molar-refractivity contribution in [1.29, 1.82) is 0 Å². The predicted octanol–water partition coefficient (Wildman–Crippen LogP) is 6.35. The maximum Gasteiger partial charge on any atom is 0.294 e. The van der Waals surface area contributed by atoms with E-state index < -0.39 is 23.6 Å². The van der Waals surface area contributed by atoms with Crippen molar-refractivity contribution in [3.63, 3.8) is 0 Å². The van der Waals surface area contributed by atoms with E-state index in [1.54, 1.807) is 42.5 Å². The molecule has 1 fully saturated rings. The lowest BCUT2D eigenvalue weighted by molar-refractivity contribution is -0.127. The van der Waals surface area contributed by atoms with E-state index in [9.17, 15) is 14.4 Å². The van der Waals surface area contributed by atoms with Crippen LogP contribution in [-0.2, 0) is 9.59 Å². The van der Waals surface area contributed by atoms with Gasteiger partial charge in [-0.25, -0.2) is 0 Å². The highest BCUT2D eigenvalue weighted by atomic mass is 79.9. The fourth-order valence-corrected chi connectivity index (χ4v) is 4.25. The van der Waals surface area contributed by atoms with E-state index in [2.05, 4.69) is 21.2 Å². The standard InChI is InChI=1S/C24H24BrClN2O5S/c1-4-14(3)33-19-9-6-15(10-20(19)32-5-2)11-21-23(30)28(24(31)34-21)13-22(29)27-16-7-8-17(25)18(26)12-16/h6-12,14H,4-5,13H2,1-3H3,(H,27,29)/b21-11+/t14-/m1/s1. The quantitative estimate of drug-likeness (QED) is 0.355. The van der Waals surface area contributed by atoms with Crippen molar-refractivity contribution in [2.24, 2.45) is 0 Å². The number of ether oxygens (including phenoxy) is 2. The van der Waals surface area contributed by atoms with Crippen molar-refractivity contribution < 1.29 is 23.9 Å². The monoisotopic (exact) mass is 566 g/mol.